The molecule has 8 nitrogen and oxygen atoms in total. The molecule has 3 aromatic rings. The largest absolute Gasteiger partial charge is 0.452 e. The van der Waals surface area contributed by atoms with Gasteiger partial charge in [-0.15, -0.1) is 23.1 Å². The normalized spacial score (nSPS) is 10.2. The Kier molecular flexibility index (Phi) is 8.01. The van der Waals surface area contributed by atoms with Gasteiger partial charge in [0.25, 0.3) is 11.8 Å². The van der Waals surface area contributed by atoms with Crippen LogP contribution in [0.15, 0.2) is 70.9 Å². The van der Waals surface area contributed by atoms with Crippen molar-refractivity contribution in [2.45, 2.75) is 4.90 Å². The van der Waals surface area contributed by atoms with Gasteiger partial charge in [0.05, 0.1) is 21.9 Å². The second-order valence-electron chi connectivity index (χ2n) is 6.38. The molecular weight excluding hydrogens is 450 g/mol. The molecule has 0 aliphatic rings. The van der Waals surface area contributed by atoms with Crippen LogP contribution in [0.3, 0.4) is 0 Å². The lowest BCUT2D eigenvalue weighted by Gasteiger charge is -2.10. The predicted octanol–water partition coefficient (Wildman–Crippen LogP) is 3.37. The molecule has 0 unspecified atom stereocenters. The zero-order valence-corrected chi connectivity index (χ0v) is 18.3. The van der Waals surface area contributed by atoms with Crippen LogP contribution in [0.25, 0.3) is 0 Å². The lowest BCUT2D eigenvalue weighted by atomic mass is 10.2. The molecule has 1 heterocycles. The molecule has 0 saturated heterocycles. The van der Waals surface area contributed by atoms with Crippen molar-refractivity contribution in [1.82, 2.24) is 0 Å². The molecule has 3 amide bonds. The van der Waals surface area contributed by atoms with Crippen molar-refractivity contribution in [3.05, 3.63) is 76.5 Å². The molecule has 164 valence electrons. The molecule has 32 heavy (non-hydrogen) atoms. The number of rotatable bonds is 9. The van der Waals surface area contributed by atoms with Crippen LogP contribution >= 0.6 is 23.1 Å². The third-order valence-corrected chi connectivity index (χ3v) is 5.95. The number of ether oxygens (including phenoxy) is 1. The maximum atomic E-state index is 12.2. The molecule has 0 saturated carbocycles. The maximum absolute atomic E-state index is 12.2. The van der Waals surface area contributed by atoms with Crippen LogP contribution in [0, 0.1) is 0 Å². The van der Waals surface area contributed by atoms with Gasteiger partial charge in [-0.05, 0) is 47.8 Å². The molecule has 4 N–H and O–H groups in total. The van der Waals surface area contributed by atoms with Gasteiger partial charge in [0.15, 0.2) is 6.61 Å². The fourth-order valence-electron chi connectivity index (χ4n) is 2.54. The van der Waals surface area contributed by atoms with Gasteiger partial charge in [0.1, 0.15) is 0 Å². The Hall–Kier alpha value is -3.63. The third-order valence-electron chi connectivity index (χ3n) is 3.99. The number of hydrogen-bond donors (Lipinski definition) is 3. The summed E-state index contributed by atoms with van der Waals surface area (Å²) >= 11 is 2.52. The fourth-order valence-corrected chi connectivity index (χ4v) is 3.90. The van der Waals surface area contributed by atoms with Gasteiger partial charge in [0.2, 0.25) is 5.91 Å². The van der Waals surface area contributed by atoms with E-state index in [2.05, 4.69) is 10.6 Å². The smallest absolute Gasteiger partial charge is 0.338 e. The van der Waals surface area contributed by atoms with Gasteiger partial charge in [-0.1, -0.05) is 18.2 Å². The van der Waals surface area contributed by atoms with Crippen LogP contribution in [0.1, 0.15) is 20.0 Å². The monoisotopic (exact) mass is 469 g/mol. The minimum Gasteiger partial charge on any atom is -0.452 e. The zero-order valence-electron chi connectivity index (χ0n) is 16.7. The summed E-state index contributed by atoms with van der Waals surface area (Å²) in [5, 5.41) is 7.19. The average molecular weight is 470 g/mol. The second kappa shape index (κ2) is 11.1. The van der Waals surface area contributed by atoms with E-state index >= 15 is 0 Å². The highest BCUT2D eigenvalue weighted by molar-refractivity contribution is 8.00. The van der Waals surface area contributed by atoms with Crippen LogP contribution in [0.5, 0.6) is 0 Å². The quantitative estimate of drug-likeness (QED) is 0.326. The number of nitrogens with two attached hydrogens (primary N) is 1. The molecule has 10 heteroatoms. The van der Waals surface area contributed by atoms with Crippen molar-refractivity contribution >= 4 is 58.2 Å². The number of hydrogen-bond acceptors (Lipinski definition) is 7. The van der Waals surface area contributed by atoms with Gasteiger partial charge >= 0.3 is 5.97 Å². The Bertz CT molecular complexity index is 1110. The minimum atomic E-state index is -0.673. The summed E-state index contributed by atoms with van der Waals surface area (Å²) in [5.41, 5.74) is 6.42. The summed E-state index contributed by atoms with van der Waals surface area (Å²) in [5.74, 6) is -1.83. The Morgan fingerprint density at radius 2 is 1.69 bits per heavy atom. The van der Waals surface area contributed by atoms with E-state index < -0.39 is 24.4 Å². The molecule has 0 aliphatic heterocycles. The number of thioether (sulfide) groups is 1. The van der Waals surface area contributed by atoms with Crippen LogP contribution in [-0.2, 0) is 14.3 Å². The van der Waals surface area contributed by atoms with Crippen molar-refractivity contribution in [3.8, 4) is 0 Å². The Labute approximate surface area is 192 Å². The predicted molar refractivity (Wildman–Crippen MR) is 124 cm³/mol. The van der Waals surface area contributed by atoms with E-state index in [0.717, 1.165) is 0 Å². The van der Waals surface area contributed by atoms with E-state index in [4.69, 9.17) is 10.5 Å². The molecule has 0 atom stereocenters. The molecule has 1 aromatic heterocycles. The van der Waals surface area contributed by atoms with E-state index in [1.807, 2.05) is 5.38 Å². The van der Waals surface area contributed by atoms with E-state index in [-0.39, 0.29) is 17.2 Å². The van der Waals surface area contributed by atoms with Crippen molar-refractivity contribution in [2.24, 2.45) is 5.73 Å². The molecular formula is C22H19N3O5S2. The van der Waals surface area contributed by atoms with Gasteiger partial charge in [-0.2, -0.15) is 0 Å². The summed E-state index contributed by atoms with van der Waals surface area (Å²) in [4.78, 5) is 48.7. The summed E-state index contributed by atoms with van der Waals surface area (Å²) in [6.45, 7) is -0.482. The lowest BCUT2D eigenvalue weighted by Crippen LogP contribution is -2.21. The van der Waals surface area contributed by atoms with Gasteiger partial charge < -0.3 is 21.1 Å². The number of anilines is 2. The number of nitrogens with one attached hydrogen (secondary N) is 2. The van der Waals surface area contributed by atoms with Crippen molar-refractivity contribution in [2.75, 3.05) is 23.0 Å². The maximum Gasteiger partial charge on any atom is 0.338 e. The third kappa shape index (κ3) is 6.69. The number of carbonyl (C=O) groups is 4. The van der Waals surface area contributed by atoms with E-state index in [9.17, 15) is 19.2 Å². The zero-order chi connectivity index (χ0) is 22.9. The first-order valence-corrected chi connectivity index (χ1v) is 11.2. The molecule has 0 radical (unpaired) electrons. The number of thiophene rings is 1. The van der Waals surface area contributed by atoms with E-state index in [1.54, 1.807) is 48.5 Å². The topological polar surface area (TPSA) is 128 Å². The molecule has 0 aliphatic carbocycles. The van der Waals surface area contributed by atoms with Crippen LogP contribution in [0.4, 0.5) is 11.4 Å². The number of benzene rings is 2. The Morgan fingerprint density at radius 3 is 2.38 bits per heavy atom. The van der Waals surface area contributed by atoms with Crippen LogP contribution in [0.2, 0.25) is 0 Å². The first-order valence-electron chi connectivity index (χ1n) is 9.34. The summed E-state index contributed by atoms with van der Waals surface area (Å²) < 4.78 is 5.06. The number of primary amides is 1. The standard InChI is InChI=1S/C22H19N3O5S2/c23-19(26)13-32-17-5-2-1-4-16(17)25-20(27)12-30-22(29)14-7-9-15(10-8-14)24-21(28)18-6-3-11-31-18/h1-11H,12-13H2,(H2,23,26)(H,24,28)(H,25,27). The number of amides is 3. The molecule has 0 bridgehead atoms. The van der Waals surface area contributed by atoms with E-state index in [0.29, 0.717) is 21.1 Å². The molecule has 2 aromatic carbocycles. The summed E-state index contributed by atoms with van der Waals surface area (Å²) in [6, 6.07) is 16.6. The van der Waals surface area contributed by atoms with Gasteiger partial charge in [-0.3, -0.25) is 14.4 Å². The Balaban J connectivity index is 1.50. The van der Waals surface area contributed by atoms with Crippen molar-refractivity contribution < 1.29 is 23.9 Å². The fraction of sp³-hybridized carbons (Fsp3) is 0.0909. The molecule has 3 rings (SSSR count). The van der Waals surface area contributed by atoms with Crippen LogP contribution < -0.4 is 16.4 Å². The molecule has 0 spiro atoms. The summed E-state index contributed by atoms with van der Waals surface area (Å²) in [6.07, 6.45) is 0. The van der Waals surface area contributed by atoms with E-state index in [1.165, 1.54) is 35.2 Å². The first kappa shape index (κ1) is 23.0. The van der Waals surface area contributed by atoms with Crippen molar-refractivity contribution in [1.29, 1.82) is 0 Å². The van der Waals surface area contributed by atoms with Crippen LogP contribution in [-0.4, -0.2) is 36.1 Å². The highest BCUT2D eigenvalue weighted by Crippen LogP contribution is 2.26. The second-order valence-corrected chi connectivity index (χ2v) is 8.35. The van der Waals surface area contributed by atoms with Crippen molar-refractivity contribution in [3.63, 3.8) is 0 Å². The molecule has 0 fully saturated rings. The number of para-hydroxylation sites is 1. The highest BCUT2D eigenvalue weighted by atomic mass is 32.2. The minimum absolute atomic E-state index is 0.0750. The number of carbonyl (C=O) groups excluding carboxylic acids is 4. The van der Waals surface area contributed by atoms with Gasteiger partial charge in [-0.25, -0.2) is 4.79 Å². The van der Waals surface area contributed by atoms with Gasteiger partial charge in [0, 0.05) is 10.6 Å². The summed E-state index contributed by atoms with van der Waals surface area (Å²) in [7, 11) is 0. The number of esters is 1. The Morgan fingerprint density at radius 1 is 0.938 bits per heavy atom. The first-order chi connectivity index (χ1) is 15.4. The lowest BCUT2D eigenvalue weighted by molar-refractivity contribution is -0.119. The highest BCUT2D eigenvalue weighted by Gasteiger charge is 2.13. The average Bonchev–Trinajstić information content (AvgIpc) is 3.32. The SMILES string of the molecule is NC(=O)CSc1ccccc1NC(=O)COC(=O)c1ccc(NC(=O)c2cccs2)cc1.